The number of pyridine rings is 1. The molecule has 0 bridgehead atoms. The minimum atomic E-state index is -0.000646. The molecule has 0 N–H and O–H groups in total. The van der Waals surface area contributed by atoms with Crippen LogP contribution in [0.4, 0.5) is 0 Å². The molecule has 0 spiro atoms. The molecule has 6 heteroatoms. The largest absolute Gasteiger partial charge is 0.497 e. The number of amides is 1. The van der Waals surface area contributed by atoms with Crippen molar-refractivity contribution < 1.29 is 9.53 Å². The molecule has 0 saturated carbocycles. The molecular formula is C22H24N4O2. The van der Waals surface area contributed by atoms with Gasteiger partial charge in [-0.3, -0.25) is 9.78 Å². The Morgan fingerprint density at radius 3 is 2.43 bits per heavy atom. The highest BCUT2D eigenvalue weighted by Gasteiger charge is 2.22. The number of methoxy groups -OCH3 is 1. The van der Waals surface area contributed by atoms with E-state index in [2.05, 4.69) is 10.1 Å². The molecule has 1 aliphatic heterocycles. The highest BCUT2D eigenvalue weighted by Crippen LogP contribution is 2.25. The third-order valence-electron chi connectivity index (χ3n) is 5.10. The quantitative estimate of drug-likeness (QED) is 0.692. The number of ether oxygens (including phenoxy) is 1. The minimum Gasteiger partial charge on any atom is -0.497 e. The maximum atomic E-state index is 13.1. The van der Waals surface area contributed by atoms with Crippen molar-refractivity contribution in [2.75, 3.05) is 20.2 Å². The first-order valence-corrected chi connectivity index (χ1v) is 9.70. The summed E-state index contributed by atoms with van der Waals surface area (Å²) in [6.45, 7) is 1.60. The Morgan fingerprint density at radius 2 is 1.79 bits per heavy atom. The lowest BCUT2D eigenvalue weighted by atomic mass is 10.2. The molecule has 1 saturated heterocycles. The molecule has 0 aliphatic carbocycles. The van der Waals surface area contributed by atoms with E-state index >= 15 is 0 Å². The van der Waals surface area contributed by atoms with Crippen LogP contribution in [0.3, 0.4) is 0 Å². The van der Waals surface area contributed by atoms with Crippen molar-refractivity contribution in [3.8, 4) is 22.7 Å². The highest BCUT2D eigenvalue weighted by molar-refractivity contribution is 5.93. The Labute approximate surface area is 164 Å². The minimum absolute atomic E-state index is 0.000646. The van der Waals surface area contributed by atoms with Crippen molar-refractivity contribution in [2.24, 2.45) is 0 Å². The van der Waals surface area contributed by atoms with Gasteiger partial charge in [-0.1, -0.05) is 12.8 Å². The number of hydrogen-bond donors (Lipinski definition) is 0. The van der Waals surface area contributed by atoms with E-state index in [0.717, 1.165) is 48.6 Å². The third-order valence-corrected chi connectivity index (χ3v) is 5.10. The topological polar surface area (TPSA) is 60.3 Å². The molecule has 3 aromatic rings. The van der Waals surface area contributed by atoms with E-state index in [4.69, 9.17) is 4.74 Å². The van der Waals surface area contributed by atoms with Gasteiger partial charge in [0.05, 0.1) is 18.5 Å². The Morgan fingerprint density at radius 1 is 1.04 bits per heavy atom. The Bertz CT molecular complexity index is 927. The van der Waals surface area contributed by atoms with Crippen molar-refractivity contribution in [2.45, 2.75) is 25.7 Å². The van der Waals surface area contributed by atoms with Gasteiger partial charge < -0.3 is 9.64 Å². The van der Waals surface area contributed by atoms with Crippen LogP contribution in [-0.4, -0.2) is 45.8 Å². The zero-order valence-corrected chi connectivity index (χ0v) is 16.0. The van der Waals surface area contributed by atoms with Crippen molar-refractivity contribution in [3.05, 3.63) is 60.6 Å². The number of carbonyl (C=O) groups excluding carboxylic acids is 1. The number of benzene rings is 1. The van der Waals surface area contributed by atoms with Crippen molar-refractivity contribution >= 4 is 5.91 Å². The maximum absolute atomic E-state index is 13.1. The number of nitrogens with zero attached hydrogens (tertiary/aromatic N) is 4. The molecule has 1 aliphatic rings. The standard InChI is InChI=1S/C22H24N4O2/c1-28-19-10-8-18(9-11-19)26-21(17-7-6-12-23-16-17)15-20(24-26)22(27)25-13-4-2-3-5-14-25/h6-12,15-16H,2-5,13-14H2,1H3. The fourth-order valence-corrected chi connectivity index (χ4v) is 3.56. The lowest BCUT2D eigenvalue weighted by molar-refractivity contribution is 0.0755. The van der Waals surface area contributed by atoms with Gasteiger partial charge >= 0.3 is 0 Å². The van der Waals surface area contributed by atoms with E-state index in [1.54, 1.807) is 19.5 Å². The zero-order chi connectivity index (χ0) is 19.3. The molecule has 3 heterocycles. The van der Waals surface area contributed by atoms with Gasteiger partial charge in [0, 0.05) is 31.0 Å². The second-order valence-corrected chi connectivity index (χ2v) is 6.97. The van der Waals surface area contributed by atoms with Crippen molar-refractivity contribution in [1.82, 2.24) is 19.7 Å². The lowest BCUT2D eigenvalue weighted by Crippen LogP contribution is -2.32. The summed E-state index contributed by atoms with van der Waals surface area (Å²) in [6.07, 6.45) is 8.01. The van der Waals surface area contributed by atoms with E-state index < -0.39 is 0 Å². The fraction of sp³-hybridized carbons (Fsp3) is 0.318. The van der Waals surface area contributed by atoms with Crippen LogP contribution in [0.15, 0.2) is 54.9 Å². The molecule has 1 aromatic carbocycles. The van der Waals surface area contributed by atoms with E-state index in [1.807, 2.05) is 52.0 Å². The normalized spacial score (nSPS) is 14.5. The van der Waals surface area contributed by atoms with Gasteiger partial charge in [-0.2, -0.15) is 5.10 Å². The van der Waals surface area contributed by atoms with Crippen LogP contribution in [-0.2, 0) is 0 Å². The zero-order valence-electron chi connectivity index (χ0n) is 16.0. The fourth-order valence-electron chi connectivity index (χ4n) is 3.56. The Kier molecular flexibility index (Phi) is 5.37. The van der Waals surface area contributed by atoms with Gasteiger partial charge in [-0.15, -0.1) is 0 Å². The molecule has 144 valence electrons. The average molecular weight is 376 g/mol. The van der Waals surface area contributed by atoms with E-state index in [0.29, 0.717) is 5.69 Å². The smallest absolute Gasteiger partial charge is 0.274 e. The monoisotopic (exact) mass is 376 g/mol. The molecule has 1 amide bonds. The number of likely N-dealkylation sites (tertiary alicyclic amines) is 1. The summed E-state index contributed by atoms with van der Waals surface area (Å²) in [5.41, 5.74) is 3.10. The second-order valence-electron chi connectivity index (χ2n) is 6.97. The van der Waals surface area contributed by atoms with Crippen LogP contribution in [0.1, 0.15) is 36.2 Å². The molecular weight excluding hydrogens is 352 g/mol. The SMILES string of the molecule is COc1ccc(-n2nc(C(=O)N3CCCCCC3)cc2-c2cccnc2)cc1. The molecule has 0 atom stereocenters. The molecule has 0 unspecified atom stereocenters. The summed E-state index contributed by atoms with van der Waals surface area (Å²) < 4.78 is 7.06. The number of hydrogen-bond acceptors (Lipinski definition) is 4. The number of rotatable bonds is 4. The van der Waals surface area contributed by atoms with Crippen molar-refractivity contribution in [3.63, 3.8) is 0 Å². The third kappa shape index (κ3) is 3.76. The first-order valence-electron chi connectivity index (χ1n) is 9.70. The lowest BCUT2D eigenvalue weighted by Gasteiger charge is -2.18. The van der Waals surface area contributed by atoms with E-state index in [9.17, 15) is 4.79 Å². The van der Waals surface area contributed by atoms with Gasteiger partial charge in [0.25, 0.3) is 5.91 Å². The summed E-state index contributed by atoms with van der Waals surface area (Å²) in [4.78, 5) is 19.2. The average Bonchev–Trinajstić information content (AvgIpc) is 3.02. The first kappa shape index (κ1) is 18.2. The second kappa shape index (κ2) is 8.25. The predicted octanol–water partition coefficient (Wildman–Crippen LogP) is 3.96. The van der Waals surface area contributed by atoms with Crippen LogP contribution in [0.5, 0.6) is 5.75 Å². The molecule has 28 heavy (non-hydrogen) atoms. The van der Waals surface area contributed by atoms with Crippen LogP contribution in [0, 0.1) is 0 Å². The van der Waals surface area contributed by atoms with Crippen LogP contribution in [0.25, 0.3) is 16.9 Å². The van der Waals surface area contributed by atoms with Gasteiger partial charge in [-0.25, -0.2) is 4.68 Å². The predicted molar refractivity (Wildman–Crippen MR) is 108 cm³/mol. The van der Waals surface area contributed by atoms with Gasteiger partial charge in [-0.05, 0) is 55.3 Å². The Hall–Kier alpha value is -3.15. The van der Waals surface area contributed by atoms with Crippen LogP contribution >= 0.6 is 0 Å². The van der Waals surface area contributed by atoms with Gasteiger partial charge in [0.2, 0.25) is 0 Å². The maximum Gasteiger partial charge on any atom is 0.274 e. The summed E-state index contributed by atoms with van der Waals surface area (Å²) in [7, 11) is 1.64. The molecule has 2 aromatic heterocycles. The molecule has 1 fully saturated rings. The van der Waals surface area contributed by atoms with E-state index in [1.165, 1.54) is 12.8 Å². The summed E-state index contributed by atoms with van der Waals surface area (Å²) >= 11 is 0. The molecule has 0 radical (unpaired) electrons. The summed E-state index contributed by atoms with van der Waals surface area (Å²) in [6, 6.07) is 13.4. The number of carbonyl (C=O) groups is 1. The van der Waals surface area contributed by atoms with Crippen LogP contribution < -0.4 is 4.74 Å². The summed E-state index contributed by atoms with van der Waals surface area (Å²) in [5.74, 6) is 0.777. The van der Waals surface area contributed by atoms with E-state index in [-0.39, 0.29) is 5.91 Å². The summed E-state index contributed by atoms with van der Waals surface area (Å²) in [5, 5.41) is 4.67. The Balaban J connectivity index is 1.74. The number of aromatic nitrogens is 3. The van der Waals surface area contributed by atoms with Crippen LogP contribution in [0.2, 0.25) is 0 Å². The first-order chi connectivity index (χ1) is 13.8. The van der Waals surface area contributed by atoms with Crippen molar-refractivity contribution in [1.29, 1.82) is 0 Å². The van der Waals surface area contributed by atoms with Gasteiger partial charge in [0.15, 0.2) is 5.69 Å². The molecule has 6 nitrogen and oxygen atoms in total. The molecule has 4 rings (SSSR count). The van der Waals surface area contributed by atoms with Gasteiger partial charge in [0.1, 0.15) is 5.75 Å². The highest BCUT2D eigenvalue weighted by atomic mass is 16.5.